The summed E-state index contributed by atoms with van der Waals surface area (Å²) in [5.41, 5.74) is 0.544. The molecule has 1 aliphatic carbocycles. The zero-order chi connectivity index (χ0) is 19.6. The van der Waals surface area contributed by atoms with Crippen molar-refractivity contribution in [2.45, 2.75) is 63.3 Å². The predicted octanol–water partition coefficient (Wildman–Crippen LogP) is 3.18. The summed E-state index contributed by atoms with van der Waals surface area (Å²) in [7, 11) is 1.83. The molecule has 0 bridgehead atoms. The van der Waals surface area contributed by atoms with Gasteiger partial charge >= 0.3 is 0 Å². The minimum Gasteiger partial charge on any atom is -0.465 e. The number of likely N-dealkylation sites (tertiary alicyclic amines) is 1. The Labute approximate surface area is 166 Å². The van der Waals surface area contributed by atoms with E-state index in [1.807, 2.05) is 7.11 Å². The van der Waals surface area contributed by atoms with Crippen molar-refractivity contribution in [2.75, 3.05) is 13.7 Å². The van der Waals surface area contributed by atoms with E-state index < -0.39 is 0 Å². The number of fused-ring (bicyclic) bond motifs is 1. The summed E-state index contributed by atoms with van der Waals surface area (Å²) in [4.78, 5) is 19.0. The lowest BCUT2D eigenvalue weighted by molar-refractivity contribution is -0.0684. The average Bonchev–Trinajstić information content (AvgIpc) is 3.34. The van der Waals surface area contributed by atoms with E-state index in [0.717, 1.165) is 56.7 Å². The smallest absolute Gasteiger partial charge is 0.251 e. The molecule has 150 valence electrons. The largest absolute Gasteiger partial charge is 0.465 e. The number of carbonyl (C=O) groups excluding carboxylic acids is 1. The lowest BCUT2D eigenvalue weighted by Gasteiger charge is -2.43. The van der Waals surface area contributed by atoms with Crippen molar-refractivity contribution in [1.29, 1.82) is 0 Å². The molecule has 3 atom stereocenters. The Morgan fingerprint density at radius 1 is 1.29 bits per heavy atom. The molecule has 2 fully saturated rings. The first kappa shape index (κ1) is 19.2. The number of nitrogens with zero attached hydrogens (tertiary/aromatic N) is 2. The standard InChI is InChI=1S/C22H29N3O3/c1-3-18-4-5-19(28-18)15-25-13-10-22(27-2)9-6-17(14-20(22)25)24-21(26)16-7-11-23-12-8-16/h4-5,7-8,11-12,17,20H,3,6,9-10,13-15H2,1-2H3,(H,24,26)/t17-,20+,22-/m1/s1. The summed E-state index contributed by atoms with van der Waals surface area (Å²) in [6, 6.07) is 8.08. The van der Waals surface area contributed by atoms with Gasteiger partial charge in [-0.3, -0.25) is 14.7 Å². The second kappa shape index (κ2) is 8.05. The van der Waals surface area contributed by atoms with Crippen molar-refractivity contribution in [1.82, 2.24) is 15.2 Å². The Balaban J connectivity index is 1.45. The zero-order valence-electron chi connectivity index (χ0n) is 16.7. The Hall–Kier alpha value is -2.18. The van der Waals surface area contributed by atoms with Gasteiger partial charge < -0.3 is 14.5 Å². The minimum absolute atomic E-state index is 0.0273. The molecule has 0 radical (unpaired) electrons. The molecule has 3 heterocycles. The van der Waals surface area contributed by atoms with Gasteiger partial charge in [-0.2, -0.15) is 0 Å². The van der Waals surface area contributed by atoms with E-state index in [4.69, 9.17) is 9.15 Å². The molecule has 6 heteroatoms. The van der Waals surface area contributed by atoms with Gasteiger partial charge in [0, 0.05) is 50.1 Å². The van der Waals surface area contributed by atoms with Crippen LogP contribution in [0.3, 0.4) is 0 Å². The molecule has 1 saturated carbocycles. The molecular formula is C22H29N3O3. The van der Waals surface area contributed by atoms with Gasteiger partial charge in [0.05, 0.1) is 12.1 Å². The molecular weight excluding hydrogens is 354 g/mol. The van der Waals surface area contributed by atoms with Gasteiger partial charge in [-0.1, -0.05) is 6.92 Å². The van der Waals surface area contributed by atoms with Crippen LogP contribution in [-0.2, 0) is 17.7 Å². The Bertz CT molecular complexity index is 806. The second-order valence-electron chi connectivity index (χ2n) is 7.91. The summed E-state index contributed by atoms with van der Waals surface area (Å²) in [5.74, 6) is 2.01. The van der Waals surface area contributed by atoms with E-state index in [1.165, 1.54) is 0 Å². The number of hydrogen-bond donors (Lipinski definition) is 1. The van der Waals surface area contributed by atoms with E-state index in [-0.39, 0.29) is 23.6 Å². The van der Waals surface area contributed by atoms with Crippen LogP contribution in [0.15, 0.2) is 41.1 Å². The van der Waals surface area contributed by atoms with Gasteiger partial charge in [0.25, 0.3) is 5.91 Å². The van der Waals surface area contributed by atoms with E-state index in [9.17, 15) is 4.79 Å². The number of rotatable bonds is 6. The van der Waals surface area contributed by atoms with Crippen LogP contribution in [-0.4, -0.2) is 47.1 Å². The number of aryl methyl sites for hydroxylation is 1. The fourth-order valence-electron chi connectivity index (χ4n) is 4.78. The van der Waals surface area contributed by atoms with Crippen LogP contribution in [0.1, 0.15) is 54.5 Å². The molecule has 0 aromatic carbocycles. The molecule has 1 aliphatic heterocycles. The van der Waals surface area contributed by atoms with Crippen molar-refractivity contribution in [3.05, 3.63) is 53.7 Å². The zero-order valence-corrected chi connectivity index (χ0v) is 16.7. The van der Waals surface area contributed by atoms with Crippen molar-refractivity contribution < 1.29 is 13.9 Å². The van der Waals surface area contributed by atoms with Gasteiger partial charge in [-0.15, -0.1) is 0 Å². The third-order valence-electron chi connectivity index (χ3n) is 6.40. The monoisotopic (exact) mass is 383 g/mol. The number of methoxy groups -OCH3 is 1. The Kier molecular flexibility index (Phi) is 5.51. The molecule has 28 heavy (non-hydrogen) atoms. The number of ether oxygens (including phenoxy) is 1. The number of nitrogens with one attached hydrogen (secondary N) is 1. The first-order chi connectivity index (χ1) is 13.6. The number of amides is 1. The number of carbonyl (C=O) groups is 1. The Morgan fingerprint density at radius 2 is 2.07 bits per heavy atom. The van der Waals surface area contributed by atoms with Crippen LogP contribution in [0.25, 0.3) is 0 Å². The summed E-state index contributed by atoms with van der Waals surface area (Å²) < 4.78 is 12.0. The molecule has 1 N–H and O–H groups in total. The van der Waals surface area contributed by atoms with Crippen molar-refractivity contribution in [3.8, 4) is 0 Å². The van der Waals surface area contributed by atoms with Gasteiger partial charge in [-0.25, -0.2) is 0 Å². The summed E-state index contributed by atoms with van der Waals surface area (Å²) >= 11 is 0. The Morgan fingerprint density at radius 3 is 2.79 bits per heavy atom. The van der Waals surface area contributed by atoms with E-state index in [2.05, 4.69) is 34.3 Å². The highest BCUT2D eigenvalue weighted by Crippen LogP contribution is 2.43. The number of pyridine rings is 1. The topological polar surface area (TPSA) is 67.6 Å². The highest BCUT2D eigenvalue weighted by molar-refractivity contribution is 5.94. The van der Waals surface area contributed by atoms with Crippen LogP contribution >= 0.6 is 0 Å². The molecule has 1 saturated heterocycles. The van der Waals surface area contributed by atoms with Crippen molar-refractivity contribution in [2.24, 2.45) is 0 Å². The lowest BCUT2D eigenvalue weighted by atomic mass is 9.78. The summed E-state index contributed by atoms with van der Waals surface area (Å²) in [6.45, 7) is 3.89. The quantitative estimate of drug-likeness (QED) is 0.830. The minimum atomic E-state index is -0.113. The van der Waals surface area contributed by atoms with Gasteiger partial charge in [0.2, 0.25) is 0 Å². The SMILES string of the molecule is CCc1ccc(CN2CC[C@]3(OC)CC[C@@H](NC(=O)c4ccncc4)C[C@H]23)o1. The molecule has 0 unspecified atom stereocenters. The highest BCUT2D eigenvalue weighted by Gasteiger charge is 2.51. The fraction of sp³-hybridized carbons (Fsp3) is 0.545. The van der Waals surface area contributed by atoms with E-state index in [1.54, 1.807) is 24.5 Å². The van der Waals surface area contributed by atoms with Gasteiger partial charge in [0.15, 0.2) is 0 Å². The van der Waals surface area contributed by atoms with Crippen molar-refractivity contribution >= 4 is 5.91 Å². The average molecular weight is 383 g/mol. The summed E-state index contributed by atoms with van der Waals surface area (Å²) in [5, 5.41) is 3.21. The molecule has 2 aromatic rings. The number of hydrogen-bond acceptors (Lipinski definition) is 5. The fourth-order valence-corrected chi connectivity index (χ4v) is 4.78. The first-order valence-electron chi connectivity index (χ1n) is 10.2. The van der Waals surface area contributed by atoms with Crippen LogP contribution in [0.2, 0.25) is 0 Å². The normalized spacial score (nSPS) is 27.5. The van der Waals surface area contributed by atoms with Gasteiger partial charge in [-0.05, 0) is 49.9 Å². The molecule has 2 aromatic heterocycles. The van der Waals surface area contributed by atoms with Crippen LogP contribution in [0, 0.1) is 0 Å². The maximum atomic E-state index is 12.6. The molecule has 0 spiro atoms. The van der Waals surface area contributed by atoms with E-state index >= 15 is 0 Å². The third kappa shape index (κ3) is 3.71. The maximum Gasteiger partial charge on any atom is 0.251 e. The number of aromatic nitrogens is 1. The lowest BCUT2D eigenvalue weighted by Crippen LogP contribution is -2.54. The number of furan rings is 1. The van der Waals surface area contributed by atoms with Gasteiger partial charge in [0.1, 0.15) is 11.5 Å². The molecule has 6 nitrogen and oxygen atoms in total. The van der Waals surface area contributed by atoms with Crippen LogP contribution < -0.4 is 5.32 Å². The third-order valence-corrected chi connectivity index (χ3v) is 6.40. The first-order valence-corrected chi connectivity index (χ1v) is 10.2. The molecule has 2 aliphatic rings. The molecule has 4 rings (SSSR count). The maximum absolute atomic E-state index is 12.6. The molecule has 1 amide bonds. The van der Waals surface area contributed by atoms with Crippen LogP contribution in [0.4, 0.5) is 0 Å². The van der Waals surface area contributed by atoms with E-state index in [0.29, 0.717) is 5.56 Å². The van der Waals surface area contributed by atoms with Crippen molar-refractivity contribution in [3.63, 3.8) is 0 Å². The highest BCUT2D eigenvalue weighted by atomic mass is 16.5. The van der Waals surface area contributed by atoms with Crippen LogP contribution in [0.5, 0.6) is 0 Å². The second-order valence-corrected chi connectivity index (χ2v) is 7.91. The predicted molar refractivity (Wildman–Crippen MR) is 106 cm³/mol. The summed E-state index contributed by atoms with van der Waals surface area (Å²) in [6.07, 6.45) is 8.04.